The van der Waals surface area contributed by atoms with E-state index in [1.54, 1.807) is 16.0 Å². The van der Waals surface area contributed by atoms with Gasteiger partial charge in [-0.1, -0.05) is 36.8 Å². The molecule has 12 nitrogen and oxygen atoms in total. The second-order valence-corrected chi connectivity index (χ2v) is 15.2. The zero-order chi connectivity index (χ0) is 39.9. The van der Waals surface area contributed by atoms with Crippen LogP contribution in [0.2, 0.25) is 0 Å². The lowest BCUT2D eigenvalue weighted by Crippen LogP contribution is -2.55. The number of nitrogens with zero attached hydrogens (tertiary/aromatic N) is 5. The minimum atomic E-state index is -1.21. The molecule has 4 amide bonds. The number of carbonyl (C=O) groups excluding carboxylic acids is 4. The Morgan fingerprint density at radius 3 is 2.47 bits per heavy atom. The van der Waals surface area contributed by atoms with E-state index in [0.717, 1.165) is 23.8 Å². The van der Waals surface area contributed by atoms with Crippen LogP contribution in [0.4, 0.5) is 13.2 Å². The summed E-state index contributed by atoms with van der Waals surface area (Å²) in [6.07, 6.45) is 5.06. The number of imidazole rings is 1. The van der Waals surface area contributed by atoms with E-state index < -0.39 is 41.8 Å². The Morgan fingerprint density at radius 2 is 1.74 bits per heavy atom. The van der Waals surface area contributed by atoms with E-state index in [2.05, 4.69) is 5.32 Å². The fourth-order valence-corrected chi connectivity index (χ4v) is 8.25. The van der Waals surface area contributed by atoms with Gasteiger partial charge in [-0.15, -0.1) is 0 Å². The van der Waals surface area contributed by atoms with Crippen molar-refractivity contribution in [1.29, 1.82) is 0 Å². The van der Waals surface area contributed by atoms with E-state index in [0.29, 0.717) is 70.8 Å². The van der Waals surface area contributed by atoms with Crippen LogP contribution in [-0.4, -0.2) is 119 Å². The van der Waals surface area contributed by atoms with Crippen LogP contribution in [0.15, 0.2) is 66.9 Å². The van der Waals surface area contributed by atoms with Crippen LogP contribution in [0.5, 0.6) is 0 Å². The highest BCUT2D eigenvalue weighted by Crippen LogP contribution is 2.39. The molecule has 1 N–H and O–H groups in total. The number of rotatable bonds is 15. The van der Waals surface area contributed by atoms with Gasteiger partial charge in [-0.05, 0) is 55.4 Å². The number of hydrogen-bond donors (Lipinski definition) is 1. The van der Waals surface area contributed by atoms with Gasteiger partial charge in [0.2, 0.25) is 5.91 Å². The van der Waals surface area contributed by atoms with Crippen LogP contribution in [0.3, 0.4) is 0 Å². The third-order valence-corrected chi connectivity index (χ3v) is 11.4. The summed E-state index contributed by atoms with van der Waals surface area (Å²) in [4.78, 5) is 61.7. The lowest BCUT2D eigenvalue weighted by atomic mass is 9.88. The quantitative estimate of drug-likeness (QED) is 0.177. The second-order valence-electron chi connectivity index (χ2n) is 15.2. The molecule has 5 heterocycles. The van der Waals surface area contributed by atoms with Crippen molar-refractivity contribution in [2.45, 2.75) is 63.4 Å². The number of carbonyl (C=O) groups is 4. The van der Waals surface area contributed by atoms with Gasteiger partial charge in [0.1, 0.15) is 23.6 Å². The molecule has 4 aliphatic heterocycles. The first kappa shape index (κ1) is 40.3. The van der Waals surface area contributed by atoms with Crippen LogP contribution in [0, 0.1) is 23.5 Å². The number of halogens is 3. The number of imide groups is 1. The van der Waals surface area contributed by atoms with Gasteiger partial charge in [-0.3, -0.25) is 24.1 Å². The van der Waals surface area contributed by atoms with E-state index in [1.807, 2.05) is 34.9 Å². The summed E-state index contributed by atoms with van der Waals surface area (Å²) in [5, 5.41) is 3.10. The van der Waals surface area contributed by atoms with Crippen molar-refractivity contribution in [1.82, 2.24) is 29.6 Å². The highest BCUT2D eigenvalue weighted by Gasteiger charge is 2.43. The predicted octanol–water partition coefficient (Wildman–Crippen LogP) is 4.44. The second kappa shape index (κ2) is 18.6. The van der Waals surface area contributed by atoms with Crippen molar-refractivity contribution in [3.05, 3.63) is 89.9 Å². The van der Waals surface area contributed by atoms with E-state index in [4.69, 9.17) is 14.5 Å². The molecule has 7 rings (SSSR count). The Balaban J connectivity index is 1.17. The molecule has 4 aliphatic rings. The van der Waals surface area contributed by atoms with Crippen LogP contribution in [0.1, 0.15) is 56.0 Å². The highest BCUT2D eigenvalue weighted by molar-refractivity contribution is 6.12. The Bertz CT molecular complexity index is 1920. The third-order valence-electron chi connectivity index (χ3n) is 11.4. The lowest BCUT2D eigenvalue weighted by molar-refractivity contribution is -0.159. The highest BCUT2D eigenvalue weighted by atomic mass is 19.1. The molecule has 4 atom stereocenters. The summed E-state index contributed by atoms with van der Waals surface area (Å²) >= 11 is 0. The average molecular weight is 791 g/mol. The Labute approximate surface area is 330 Å². The van der Waals surface area contributed by atoms with Gasteiger partial charge >= 0.3 is 0 Å². The smallest absolute Gasteiger partial charge is 0.254 e. The maximum Gasteiger partial charge on any atom is 0.254 e. The molecule has 0 spiro atoms. The van der Waals surface area contributed by atoms with E-state index in [1.165, 1.54) is 17.1 Å². The lowest BCUT2D eigenvalue weighted by Gasteiger charge is -2.42. The first-order chi connectivity index (χ1) is 27.7. The van der Waals surface area contributed by atoms with Crippen molar-refractivity contribution >= 4 is 23.6 Å². The Kier molecular flexibility index (Phi) is 13.2. The van der Waals surface area contributed by atoms with Gasteiger partial charge < -0.3 is 29.2 Å². The summed E-state index contributed by atoms with van der Waals surface area (Å²) < 4.78 is 59.0. The minimum Gasteiger partial charge on any atom is -0.381 e. The SMILES string of the molecule is O=C(CCCCCN1C(=O)C=CC1=O)N1CCO[C@@H](C(=O)N(C[C@@H]2CNC[C@@H]2F)C(c2nc(-c3cc(F)ccc3F)cn2Cc2ccccc2)C2CCOCC2)C1. The van der Waals surface area contributed by atoms with Gasteiger partial charge in [-0.25, -0.2) is 18.2 Å². The number of unbranched alkanes of at least 4 members (excludes halogenated alkanes) is 2. The van der Waals surface area contributed by atoms with Crippen molar-refractivity contribution in [2.75, 3.05) is 59.1 Å². The zero-order valence-corrected chi connectivity index (χ0v) is 31.9. The largest absolute Gasteiger partial charge is 0.381 e. The zero-order valence-electron chi connectivity index (χ0n) is 31.9. The van der Waals surface area contributed by atoms with Crippen molar-refractivity contribution in [3.63, 3.8) is 0 Å². The molecule has 2 aromatic carbocycles. The van der Waals surface area contributed by atoms with Gasteiger partial charge in [-0.2, -0.15) is 0 Å². The van der Waals surface area contributed by atoms with E-state index >= 15 is 13.6 Å². The van der Waals surface area contributed by atoms with Crippen molar-refractivity contribution < 1.29 is 41.8 Å². The average Bonchev–Trinajstić information content (AvgIpc) is 3.93. The molecule has 0 aliphatic carbocycles. The monoisotopic (exact) mass is 790 g/mol. The number of hydrogen-bond acceptors (Lipinski definition) is 8. The molecular weight excluding hydrogens is 741 g/mol. The molecule has 1 aromatic heterocycles. The number of ether oxygens (including phenoxy) is 2. The third kappa shape index (κ3) is 9.65. The molecule has 15 heteroatoms. The van der Waals surface area contributed by atoms with Gasteiger partial charge in [0.05, 0.1) is 24.9 Å². The summed E-state index contributed by atoms with van der Waals surface area (Å²) in [6, 6.07) is 12.1. The van der Waals surface area contributed by atoms with Crippen LogP contribution < -0.4 is 5.32 Å². The molecule has 0 bridgehead atoms. The maximum absolute atomic E-state index is 15.5. The van der Waals surface area contributed by atoms with Crippen molar-refractivity contribution in [2.24, 2.45) is 11.8 Å². The molecule has 0 saturated carbocycles. The number of amides is 4. The summed E-state index contributed by atoms with van der Waals surface area (Å²) in [5.41, 5.74) is 1.11. The molecule has 304 valence electrons. The van der Waals surface area contributed by atoms with Crippen LogP contribution in [0.25, 0.3) is 11.3 Å². The summed E-state index contributed by atoms with van der Waals surface area (Å²) in [6.45, 7) is 2.49. The molecule has 57 heavy (non-hydrogen) atoms. The number of benzene rings is 2. The van der Waals surface area contributed by atoms with Gasteiger partial charge in [0, 0.05) is 88.7 Å². The molecule has 3 aromatic rings. The summed E-state index contributed by atoms with van der Waals surface area (Å²) in [5.74, 6) is -2.72. The molecular formula is C42H49F3N6O6. The number of alkyl halides is 1. The van der Waals surface area contributed by atoms with Crippen LogP contribution >= 0.6 is 0 Å². The standard InChI is InChI=1S/C42H49F3N6O6/c43-31-10-11-33(44)32(21-31)35-26-49(24-28-7-3-1-4-8-28)41(47-35)40(29-14-18-56-19-15-29)51(25-30-22-46-23-34(30)45)42(55)36-27-48(17-20-57-36)37(52)9-5-2-6-16-50-38(53)12-13-39(50)54/h1,3-4,7-8,10-13,21,26,29-30,34,36,40,46H,2,5-6,9,14-20,22-25,27H2/t30-,34-,36+,40?/m0/s1. The fourth-order valence-electron chi connectivity index (χ4n) is 8.25. The Hall–Kier alpha value is -4.86. The van der Waals surface area contributed by atoms with Crippen molar-refractivity contribution in [3.8, 4) is 11.3 Å². The minimum absolute atomic E-state index is 0.0112. The number of nitrogens with one attached hydrogen (secondary N) is 1. The number of morpholine rings is 1. The van der Waals surface area contributed by atoms with Gasteiger partial charge in [0.25, 0.3) is 17.7 Å². The maximum atomic E-state index is 15.5. The molecule has 0 radical (unpaired) electrons. The van der Waals surface area contributed by atoms with E-state index in [-0.39, 0.29) is 74.1 Å². The van der Waals surface area contributed by atoms with Gasteiger partial charge in [0.15, 0.2) is 6.10 Å². The summed E-state index contributed by atoms with van der Waals surface area (Å²) in [7, 11) is 0. The van der Waals surface area contributed by atoms with E-state index in [9.17, 15) is 18.8 Å². The Morgan fingerprint density at radius 1 is 0.965 bits per heavy atom. The van der Waals surface area contributed by atoms with Crippen LogP contribution in [-0.2, 0) is 35.2 Å². The first-order valence-electron chi connectivity index (χ1n) is 19.9. The fraction of sp³-hybridized carbons (Fsp3) is 0.500. The topological polar surface area (TPSA) is 126 Å². The molecule has 3 fully saturated rings. The first-order valence-corrected chi connectivity index (χ1v) is 19.9. The molecule has 3 saturated heterocycles. The predicted molar refractivity (Wildman–Crippen MR) is 203 cm³/mol. The number of aromatic nitrogens is 2. The molecule has 1 unspecified atom stereocenters. The normalized spacial score (nSPS) is 22.1.